The van der Waals surface area contributed by atoms with Crippen LogP contribution in [0.2, 0.25) is 0 Å². The highest BCUT2D eigenvalue weighted by atomic mass is 32.2. The van der Waals surface area contributed by atoms with Gasteiger partial charge >= 0.3 is 0 Å². The molecule has 1 aliphatic heterocycles. The SMILES string of the molecule is O=CC1N=C(CS(=O)[O-])Nc2ccc(CS(=O)[O-])cc21. The molecule has 0 saturated heterocycles. The molecule has 1 N–H and O–H groups in total. The van der Waals surface area contributed by atoms with Gasteiger partial charge in [0.05, 0.1) is 5.75 Å². The third kappa shape index (κ3) is 3.57. The number of anilines is 1. The first kappa shape index (κ1) is 15.0. The maximum absolute atomic E-state index is 11.1. The molecule has 9 heteroatoms. The lowest BCUT2D eigenvalue weighted by atomic mass is 10.0. The normalized spacial score (nSPS) is 20.3. The van der Waals surface area contributed by atoms with E-state index in [0.29, 0.717) is 23.1 Å². The molecular weight excluding hydrogens is 304 g/mol. The second-order valence-corrected chi connectivity index (χ2v) is 5.89. The van der Waals surface area contributed by atoms with Crippen molar-refractivity contribution in [1.29, 1.82) is 0 Å². The van der Waals surface area contributed by atoms with Crippen LogP contribution in [0.1, 0.15) is 17.2 Å². The lowest BCUT2D eigenvalue weighted by molar-refractivity contribution is -0.108. The number of fused-ring (bicyclic) bond motifs is 1. The number of nitrogens with one attached hydrogen (secondary N) is 1. The Kier molecular flexibility index (Phi) is 4.76. The molecule has 0 aromatic heterocycles. The van der Waals surface area contributed by atoms with Crippen LogP contribution in [0.25, 0.3) is 0 Å². The molecular formula is C11H10N2O5S2-2. The Morgan fingerprint density at radius 2 is 1.95 bits per heavy atom. The summed E-state index contributed by atoms with van der Waals surface area (Å²) in [6.45, 7) is 0. The number of rotatable bonds is 5. The van der Waals surface area contributed by atoms with Gasteiger partial charge in [-0.05, 0) is 22.7 Å². The van der Waals surface area contributed by atoms with Gasteiger partial charge in [0.15, 0.2) is 0 Å². The summed E-state index contributed by atoms with van der Waals surface area (Å²) in [6, 6.07) is 3.95. The van der Waals surface area contributed by atoms with Crippen LogP contribution < -0.4 is 5.32 Å². The van der Waals surface area contributed by atoms with Crippen LogP contribution in [0.3, 0.4) is 0 Å². The highest BCUT2D eigenvalue weighted by molar-refractivity contribution is 7.80. The number of nitrogens with zero attached hydrogens (tertiary/aromatic N) is 1. The molecule has 3 atom stereocenters. The van der Waals surface area contributed by atoms with Crippen LogP contribution in [0, 0.1) is 0 Å². The summed E-state index contributed by atoms with van der Waals surface area (Å²) in [5.74, 6) is -0.279. The molecule has 0 saturated carbocycles. The van der Waals surface area contributed by atoms with Crippen molar-refractivity contribution in [2.75, 3.05) is 11.1 Å². The Labute approximate surface area is 120 Å². The fraction of sp³-hybridized carbons (Fsp3) is 0.273. The summed E-state index contributed by atoms with van der Waals surface area (Å²) >= 11 is -4.53. The summed E-state index contributed by atoms with van der Waals surface area (Å²) in [5, 5.41) is 2.82. The van der Waals surface area contributed by atoms with Gasteiger partial charge in [-0.3, -0.25) is 13.4 Å². The average molecular weight is 314 g/mol. The Morgan fingerprint density at radius 3 is 2.55 bits per heavy atom. The molecule has 108 valence electrons. The van der Waals surface area contributed by atoms with Gasteiger partial charge in [0.1, 0.15) is 18.2 Å². The van der Waals surface area contributed by atoms with E-state index in [0.717, 1.165) is 0 Å². The third-order valence-electron chi connectivity index (χ3n) is 2.68. The lowest BCUT2D eigenvalue weighted by Gasteiger charge is -2.23. The van der Waals surface area contributed by atoms with E-state index in [9.17, 15) is 22.3 Å². The van der Waals surface area contributed by atoms with Gasteiger partial charge in [0.25, 0.3) is 0 Å². The van der Waals surface area contributed by atoms with Gasteiger partial charge in [-0.25, -0.2) is 0 Å². The standard InChI is InChI=1S/C11H12N2O5S2/c14-4-10-8-3-7(5-19(15)16)1-2-9(8)12-11(13-10)6-20(17)18/h1-4,10H,5-6H2,(H,12,13)(H,15,16)(H,17,18)/p-2. The molecule has 1 aromatic rings. The monoisotopic (exact) mass is 314 g/mol. The van der Waals surface area contributed by atoms with E-state index >= 15 is 0 Å². The van der Waals surface area contributed by atoms with Crippen molar-refractivity contribution in [2.24, 2.45) is 4.99 Å². The fourth-order valence-electron chi connectivity index (χ4n) is 1.91. The smallest absolute Gasteiger partial charge is 0.149 e. The fourth-order valence-corrected chi connectivity index (χ4v) is 2.73. The van der Waals surface area contributed by atoms with Crippen molar-refractivity contribution < 1.29 is 22.3 Å². The van der Waals surface area contributed by atoms with Gasteiger partial charge in [-0.2, -0.15) is 0 Å². The van der Waals surface area contributed by atoms with Crippen LogP contribution in [-0.4, -0.2) is 35.4 Å². The molecule has 2 rings (SSSR count). The zero-order chi connectivity index (χ0) is 14.7. The van der Waals surface area contributed by atoms with E-state index in [2.05, 4.69) is 10.3 Å². The Bertz CT molecular complexity index is 617. The minimum absolute atomic E-state index is 0.153. The zero-order valence-electron chi connectivity index (χ0n) is 10.1. The van der Waals surface area contributed by atoms with E-state index in [1.165, 1.54) is 0 Å². The van der Waals surface area contributed by atoms with Gasteiger partial charge < -0.3 is 19.2 Å². The maximum Gasteiger partial charge on any atom is 0.149 e. The number of aldehydes is 1. The predicted molar refractivity (Wildman–Crippen MR) is 72.7 cm³/mol. The first-order chi connectivity index (χ1) is 9.49. The average Bonchev–Trinajstić information content (AvgIpc) is 2.36. The highest BCUT2D eigenvalue weighted by Gasteiger charge is 2.21. The molecule has 1 aromatic carbocycles. The molecule has 3 unspecified atom stereocenters. The van der Waals surface area contributed by atoms with Gasteiger partial charge in [-0.15, -0.1) is 0 Å². The number of aliphatic imine (C=N–C) groups is 1. The number of carbonyl (C=O) groups is 1. The van der Waals surface area contributed by atoms with Crippen molar-refractivity contribution in [3.63, 3.8) is 0 Å². The molecule has 0 aliphatic carbocycles. The summed E-state index contributed by atoms with van der Waals surface area (Å²) in [6.07, 6.45) is 0.589. The number of hydrogen-bond acceptors (Lipinski definition) is 7. The van der Waals surface area contributed by atoms with Crippen molar-refractivity contribution in [1.82, 2.24) is 0 Å². The van der Waals surface area contributed by atoms with Crippen LogP contribution in [0.15, 0.2) is 23.2 Å². The molecule has 0 spiro atoms. The molecule has 0 fully saturated rings. The highest BCUT2D eigenvalue weighted by Crippen LogP contribution is 2.30. The van der Waals surface area contributed by atoms with E-state index in [-0.39, 0.29) is 17.3 Å². The molecule has 7 nitrogen and oxygen atoms in total. The number of hydrogen-bond donors (Lipinski definition) is 1. The van der Waals surface area contributed by atoms with E-state index in [4.69, 9.17) is 0 Å². The topological polar surface area (TPSA) is 122 Å². The van der Waals surface area contributed by atoms with E-state index in [1.807, 2.05) is 0 Å². The number of carbonyl (C=O) groups excluding carboxylic acids is 1. The molecule has 0 radical (unpaired) electrons. The van der Waals surface area contributed by atoms with Gasteiger partial charge in [-0.1, -0.05) is 23.2 Å². The van der Waals surface area contributed by atoms with E-state index in [1.54, 1.807) is 18.2 Å². The summed E-state index contributed by atoms with van der Waals surface area (Å²) in [4.78, 5) is 15.1. The van der Waals surface area contributed by atoms with Crippen LogP contribution >= 0.6 is 0 Å². The van der Waals surface area contributed by atoms with Crippen LogP contribution in [0.5, 0.6) is 0 Å². The van der Waals surface area contributed by atoms with Gasteiger partial charge in [0, 0.05) is 17.0 Å². The minimum atomic E-state index is -2.31. The Balaban J connectivity index is 2.33. The maximum atomic E-state index is 11.1. The first-order valence-electron chi connectivity index (χ1n) is 5.53. The summed E-state index contributed by atoms with van der Waals surface area (Å²) in [5.41, 5.74) is 1.62. The lowest BCUT2D eigenvalue weighted by Crippen LogP contribution is -2.26. The Hall–Kier alpha value is -1.42. The van der Waals surface area contributed by atoms with Crippen molar-refractivity contribution in [3.05, 3.63) is 29.3 Å². The third-order valence-corrected chi connectivity index (χ3v) is 3.75. The largest absolute Gasteiger partial charge is 0.772 e. The quantitative estimate of drug-likeness (QED) is 0.603. The van der Waals surface area contributed by atoms with E-state index < -0.39 is 28.2 Å². The number of benzene rings is 1. The number of amidine groups is 1. The molecule has 1 aliphatic rings. The Morgan fingerprint density at radius 1 is 1.25 bits per heavy atom. The molecule has 1 heterocycles. The van der Waals surface area contributed by atoms with Crippen LogP contribution in [0.4, 0.5) is 5.69 Å². The summed E-state index contributed by atoms with van der Waals surface area (Å²) in [7, 11) is 0. The minimum Gasteiger partial charge on any atom is -0.772 e. The van der Waals surface area contributed by atoms with Gasteiger partial charge in [0.2, 0.25) is 0 Å². The molecule has 0 bridgehead atoms. The first-order valence-corrected chi connectivity index (χ1v) is 8.02. The van der Waals surface area contributed by atoms with Crippen LogP contribution in [-0.2, 0) is 32.7 Å². The van der Waals surface area contributed by atoms with Crippen molar-refractivity contribution in [3.8, 4) is 0 Å². The van der Waals surface area contributed by atoms with Crippen molar-refractivity contribution >= 4 is 40.0 Å². The second-order valence-electron chi connectivity index (χ2n) is 4.10. The molecule has 0 amide bonds. The predicted octanol–water partition coefficient (Wildman–Crippen LogP) is 0.00880. The zero-order valence-corrected chi connectivity index (χ0v) is 11.7. The second kappa shape index (κ2) is 6.35. The summed E-state index contributed by atoms with van der Waals surface area (Å²) < 4.78 is 42.7. The van der Waals surface area contributed by atoms with Crippen molar-refractivity contribution in [2.45, 2.75) is 11.8 Å². The molecule has 20 heavy (non-hydrogen) atoms.